The molecule has 4 atom stereocenters. The average molecular weight is 262 g/mol. The van der Waals surface area contributed by atoms with Crippen LogP contribution < -0.4 is 0 Å². The highest BCUT2D eigenvalue weighted by molar-refractivity contribution is 5.13. The first-order chi connectivity index (χ1) is 9.26. The van der Waals surface area contributed by atoms with Crippen molar-refractivity contribution in [1.82, 2.24) is 0 Å². The SMILES string of the molecule is C=C[C@@H]1[C@@H](OCc2ccccc2)CC(O)[C@H]1CCO. The zero-order chi connectivity index (χ0) is 13.7. The molecule has 19 heavy (non-hydrogen) atoms. The highest BCUT2D eigenvalue weighted by Gasteiger charge is 2.40. The van der Waals surface area contributed by atoms with Gasteiger partial charge in [-0.15, -0.1) is 6.58 Å². The van der Waals surface area contributed by atoms with E-state index in [1.807, 2.05) is 36.4 Å². The second kappa shape index (κ2) is 6.85. The third-order valence-electron chi connectivity index (χ3n) is 3.93. The van der Waals surface area contributed by atoms with Gasteiger partial charge in [-0.05, 0) is 17.9 Å². The van der Waals surface area contributed by atoms with Gasteiger partial charge in [0, 0.05) is 18.9 Å². The molecule has 1 aromatic carbocycles. The Morgan fingerprint density at radius 3 is 2.68 bits per heavy atom. The van der Waals surface area contributed by atoms with Crippen molar-refractivity contribution in [3.05, 3.63) is 48.6 Å². The van der Waals surface area contributed by atoms with Gasteiger partial charge in [-0.1, -0.05) is 36.4 Å². The van der Waals surface area contributed by atoms with E-state index < -0.39 is 6.10 Å². The van der Waals surface area contributed by atoms with E-state index in [0.717, 1.165) is 5.56 Å². The van der Waals surface area contributed by atoms with Crippen LogP contribution in [0.15, 0.2) is 43.0 Å². The number of hydrogen-bond donors (Lipinski definition) is 2. The lowest BCUT2D eigenvalue weighted by atomic mass is 9.91. The van der Waals surface area contributed by atoms with Crippen molar-refractivity contribution >= 4 is 0 Å². The van der Waals surface area contributed by atoms with Crippen molar-refractivity contribution in [1.29, 1.82) is 0 Å². The quantitative estimate of drug-likeness (QED) is 0.772. The molecular weight excluding hydrogens is 240 g/mol. The van der Waals surface area contributed by atoms with E-state index in [0.29, 0.717) is 19.4 Å². The van der Waals surface area contributed by atoms with Crippen LogP contribution in [0.5, 0.6) is 0 Å². The maximum Gasteiger partial charge on any atom is 0.0720 e. The molecule has 1 fully saturated rings. The van der Waals surface area contributed by atoms with Crippen molar-refractivity contribution in [2.45, 2.75) is 31.7 Å². The van der Waals surface area contributed by atoms with Crippen molar-refractivity contribution < 1.29 is 14.9 Å². The van der Waals surface area contributed by atoms with Crippen molar-refractivity contribution in [2.75, 3.05) is 6.61 Å². The van der Waals surface area contributed by atoms with Gasteiger partial charge in [0.25, 0.3) is 0 Å². The molecule has 1 aliphatic carbocycles. The van der Waals surface area contributed by atoms with E-state index in [1.165, 1.54) is 0 Å². The lowest BCUT2D eigenvalue weighted by Crippen LogP contribution is -2.22. The zero-order valence-electron chi connectivity index (χ0n) is 11.1. The van der Waals surface area contributed by atoms with Gasteiger partial charge in [-0.25, -0.2) is 0 Å². The molecule has 1 aliphatic rings. The molecule has 0 saturated heterocycles. The van der Waals surface area contributed by atoms with Crippen LogP contribution in [0.3, 0.4) is 0 Å². The van der Waals surface area contributed by atoms with Gasteiger partial charge in [-0.2, -0.15) is 0 Å². The molecule has 0 radical (unpaired) electrons. The van der Waals surface area contributed by atoms with Crippen LogP contribution in [0.4, 0.5) is 0 Å². The lowest BCUT2D eigenvalue weighted by molar-refractivity contribution is 0.0191. The van der Waals surface area contributed by atoms with E-state index in [9.17, 15) is 5.11 Å². The summed E-state index contributed by atoms with van der Waals surface area (Å²) in [6.07, 6.45) is 2.66. The molecule has 104 valence electrons. The van der Waals surface area contributed by atoms with Gasteiger partial charge in [0.05, 0.1) is 18.8 Å². The molecule has 0 bridgehead atoms. The van der Waals surface area contributed by atoms with E-state index in [1.54, 1.807) is 0 Å². The molecule has 1 unspecified atom stereocenters. The molecular formula is C16H22O3. The second-order valence-corrected chi connectivity index (χ2v) is 5.13. The first-order valence-electron chi connectivity index (χ1n) is 6.83. The molecule has 1 saturated carbocycles. The van der Waals surface area contributed by atoms with Crippen LogP contribution in [0.2, 0.25) is 0 Å². The first-order valence-corrected chi connectivity index (χ1v) is 6.83. The number of benzene rings is 1. The van der Waals surface area contributed by atoms with E-state index in [-0.39, 0.29) is 24.5 Å². The molecule has 2 N–H and O–H groups in total. The summed E-state index contributed by atoms with van der Waals surface area (Å²) in [5.41, 5.74) is 1.13. The van der Waals surface area contributed by atoms with Gasteiger partial charge < -0.3 is 14.9 Å². The predicted molar refractivity (Wildman–Crippen MR) is 74.5 cm³/mol. The van der Waals surface area contributed by atoms with E-state index in [2.05, 4.69) is 6.58 Å². The van der Waals surface area contributed by atoms with Gasteiger partial charge in [-0.3, -0.25) is 0 Å². The Morgan fingerprint density at radius 2 is 2.05 bits per heavy atom. The number of aliphatic hydroxyl groups excluding tert-OH is 2. The summed E-state index contributed by atoms with van der Waals surface area (Å²) in [6, 6.07) is 10.0. The highest BCUT2D eigenvalue weighted by Crippen LogP contribution is 2.37. The van der Waals surface area contributed by atoms with Crippen LogP contribution in [-0.2, 0) is 11.3 Å². The van der Waals surface area contributed by atoms with Crippen LogP contribution in [0.1, 0.15) is 18.4 Å². The molecule has 0 spiro atoms. The topological polar surface area (TPSA) is 49.7 Å². The molecule has 1 aromatic rings. The summed E-state index contributed by atoms with van der Waals surface area (Å²) >= 11 is 0. The summed E-state index contributed by atoms with van der Waals surface area (Å²) < 4.78 is 5.93. The van der Waals surface area contributed by atoms with Crippen molar-refractivity contribution in [3.63, 3.8) is 0 Å². The minimum absolute atomic E-state index is 0.00995. The number of rotatable bonds is 6. The fraction of sp³-hybridized carbons (Fsp3) is 0.500. The predicted octanol–water partition coefficient (Wildman–Crippen LogP) is 2.14. The van der Waals surface area contributed by atoms with Crippen LogP contribution in [-0.4, -0.2) is 29.0 Å². The zero-order valence-corrected chi connectivity index (χ0v) is 11.1. The fourth-order valence-electron chi connectivity index (χ4n) is 2.92. The molecule has 2 rings (SSSR count). The Hall–Kier alpha value is -1.16. The van der Waals surface area contributed by atoms with Gasteiger partial charge in [0.2, 0.25) is 0 Å². The van der Waals surface area contributed by atoms with Gasteiger partial charge >= 0.3 is 0 Å². The monoisotopic (exact) mass is 262 g/mol. The summed E-state index contributed by atoms with van der Waals surface area (Å²) in [6.45, 7) is 4.49. The molecule has 0 heterocycles. The summed E-state index contributed by atoms with van der Waals surface area (Å²) in [7, 11) is 0. The molecule has 0 aliphatic heterocycles. The Balaban J connectivity index is 1.94. The normalized spacial score (nSPS) is 30.4. The van der Waals surface area contributed by atoms with Crippen molar-refractivity contribution in [2.24, 2.45) is 11.8 Å². The first kappa shape index (κ1) is 14.3. The average Bonchev–Trinajstić information content (AvgIpc) is 2.74. The van der Waals surface area contributed by atoms with Gasteiger partial charge in [0.15, 0.2) is 0 Å². The fourth-order valence-corrected chi connectivity index (χ4v) is 2.92. The third-order valence-corrected chi connectivity index (χ3v) is 3.93. The smallest absolute Gasteiger partial charge is 0.0720 e. The van der Waals surface area contributed by atoms with Crippen molar-refractivity contribution in [3.8, 4) is 0 Å². The third kappa shape index (κ3) is 3.44. The Labute approximate surface area is 114 Å². The Kier molecular flexibility index (Phi) is 5.14. The minimum Gasteiger partial charge on any atom is -0.396 e. The summed E-state index contributed by atoms with van der Waals surface area (Å²) in [5, 5.41) is 19.1. The molecule has 0 aromatic heterocycles. The standard InChI is InChI=1S/C16H22O3/c1-2-13-14(8-9-17)15(18)10-16(13)19-11-12-6-4-3-5-7-12/h2-7,13-18H,1,8-11H2/t13-,14-,15?,16-/m0/s1. The maximum atomic E-state index is 10.1. The largest absolute Gasteiger partial charge is 0.396 e. The molecule has 3 nitrogen and oxygen atoms in total. The van der Waals surface area contributed by atoms with Gasteiger partial charge in [0.1, 0.15) is 0 Å². The van der Waals surface area contributed by atoms with Crippen LogP contribution in [0.25, 0.3) is 0 Å². The molecule has 3 heteroatoms. The number of hydrogen-bond acceptors (Lipinski definition) is 3. The Bertz CT molecular complexity index is 390. The number of aliphatic hydroxyl groups is 2. The molecule has 0 amide bonds. The van der Waals surface area contributed by atoms with Crippen LogP contribution >= 0.6 is 0 Å². The summed E-state index contributed by atoms with van der Waals surface area (Å²) in [4.78, 5) is 0. The highest BCUT2D eigenvalue weighted by atomic mass is 16.5. The number of ether oxygens (including phenoxy) is 1. The minimum atomic E-state index is -0.407. The van der Waals surface area contributed by atoms with E-state index in [4.69, 9.17) is 9.84 Å². The second-order valence-electron chi connectivity index (χ2n) is 5.13. The van der Waals surface area contributed by atoms with E-state index >= 15 is 0 Å². The lowest BCUT2D eigenvalue weighted by Gasteiger charge is -2.21. The maximum absolute atomic E-state index is 10.1. The van der Waals surface area contributed by atoms with Crippen LogP contribution in [0, 0.1) is 11.8 Å². The Morgan fingerprint density at radius 1 is 1.32 bits per heavy atom. The summed E-state index contributed by atoms with van der Waals surface area (Å²) in [5.74, 6) is 0.175.